The summed E-state index contributed by atoms with van der Waals surface area (Å²) in [4.78, 5) is 11.2. The maximum Gasteiger partial charge on any atom is 0.404 e. The van der Waals surface area contributed by atoms with Gasteiger partial charge in [-0.2, -0.15) is 0 Å². The van der Waals surface area contributed by atoms with Crippen LogP contribution in [0.5, 0.6) is 0 Å². The highest BCUT2D eigenvalue weighted by atomic mass is 127. The van der Waals surface area contributed by atoms with Crippen LogP contribution >= 0.6 is 22.6 Å². The average molecular weight is 407 g/mol. The Morgan fingerprint density at radius 1 is 1.43 bits per heavy atom. The predicted molar refractivity (Wildman–Crippen MR) is 88.8 cm³/mol. The highest BCUT2D eigenvalue weighted by Crippen LogP contribution is 2.28. The SMILES string of the molecule is CCCC[C@@H](OC(N)=O)[C@H](OCOC)c1cccc(I)c1. The van der Waals surface area contributed by atoms with Gasteiger partial charge in [-0.1, -0.05) is 25.5 Å². The lowest BCUT2D eigenvalue weighted by Crippen LogP contribution is -2.30. The Kier molecular flexibility index (Phi) is 8.63. The molecule has 118 valence electrons. The molecule has 0 radical (unpaired) electrons. The number of unbranched alkanes of at least 4 members (excludes halogenated alkanes) is 1. The topological polar surface area (TPSA) is 70.8 Å². The zero-order chi connectivity index (χ0) is 15.7. The van der Waals surface area contributed by atoms with E-state index in [4.69, 9.17) is 19.9 Å². The zero-order valence-electron chi connectivity index (χ0n) is 12.4. The normalized spacial score (nSPS) is 13.7. The van der Waals surface area contributed by atoms with Crippen molar-refractivity contribution in [1.29, 1.82) is 0 Å². The molecule has 0 bridgehead atoms. The Bertz CT molecular complexity index is 441. The molecule has 0 aliphatic carbocycles. The second-order valence-corrected chi connectivity index (χ2v) is 5.91. The molecule has 0 heterocycles. The number of nitrogens with two attached hydrogens (primary N) is 1. The van der Waals surface area contributed by atoms with Crippen molar-refractivity contribution >= 4 is 28.7 Å². The molecule has 0 saturated heterocycles. The summed E-state index contributed by atoms with van der Waals surface area (Å²) in [5.74, 6) is 0. The first kappa shape index (κ1) is 18.2. The maximum atomic E-state index is 11.2. The summed E-state index contributed by atoms with van der Waals surface area (Å²) in [7, 11) is 1.56. The van der Waals surface area contributed by atoms with Crippen LogP contribution in [0.4, 0.5) is 4.79 Å². The van der Waals surface area contributed by atoms with Crippen molar-refractivity contribution in [2.45, 2.75) is 38.4 Å². The standard InChI is InChI=1S/C15H22INO4/c1-3-4-8-13(21-15(17)18)14(20-10-19-2)11-6-5-7-12(16)9-11/h5-7,9,13-14H,3-4,8,10H2,1-2H3,(H2,17,18)/t13-,14-/m1/s1. The van der Waals surface area contributed by atoms with Gasteiger partial charge in [-0.05, 0) is 53.1 Å². The molecule has 1 rings (SSSR count). The van der Waals surface area contributed by atoms with E-state index in [9.17, 15) is 4.79 Å². The lowest BCUT2D eigenvalue weighted by Gasteiger charge is -2.27. The van der Waals surface area contributed by atoms with Crippen molar-refractivity contribution in [3.63, 3.8) is 0 Å². The first-order chi connectivity index (χ1) is 10.1. The molecule has 0 saturated carbocycles. The smallest absolute Gasteiger partial charge is 0.404 e. The molecule has 6 heteroatoms. The van der Waals surface area contributed by atoms with E-state index in [2.05, 4.69) is 29.5 Å². The number of halogens is 1. The molecule has 1 aromatic rings. The lowest BCUT2D eigenvalue weighted by atomic mass is 10.00. The van der Waals surface area contributed by atoms with Crippen LogP contribution in [-0.4, -0.2) is 26.1 Å². The Hall–Kier alpha value is -0.860. The van der Waals surface area contributed by atoms with Gasteiger partial charge in [-0.15, -0.1) is 0 Å². The third-order valence-electron chi connectivity index (χ3n) is 2.99. The van der Waals surface area contributed by atoms with Gasteiger partial charge in [0.25, 0.3) is 0 Å². The molecule has 5 nitrogen and oxygen atoms in total. The predicted octanol–water partition coefficient (Wildman–Crippen LogP) is 3.61. The summed E-state index contributed by atoms with van der Waals surface area (Å²) < 4.78 is 17.1. The van der Waals surface area contributed by atoms with Crippen molar-refractivity contribution in [3.05, 3.63) is 33.4 Å². The van der Waals surface area contributed by atoms with Crippen LogP contribution in [0, 0.1) is 3.57 Å². The number of carbonyl (C=O) groups is 1. The third-order valence-corrected chi connectivity index (χ3v) is 3.66. The zero-order valence-corrected chi connectivity index (χ0v) is 14.5. The van der Waals surface area contributed by atoms with Gasteiger partial charge in [0.2, 0.25) is 0 Å². The van der Waals surface area contributed by atoms with Crippen LogP contribution < -0.4 is 5.73 Å². The fourth-order valence-corrected chi connectivity index (χ4v) is 2.64. The number of amides is 1. The number of ether oxygens (including phenoxy) is 3. The van der Waals surface area contributed by atoms with Crippen LogP contribution in [-0.2, 0) is 14.2 Å². The Balaban J connectivity index is 2.96. The minimum absolute atomic E-state index is 0.126. The van der Waals surface area contributed by atoms with E-state index >= 15 is 0 Å². The lowest BCUT2D eigenvalue weighted by molar-refractivity contribution is -0.117. The minimum Gasteiger partial charge on any atom is -0.443 e. The molecule has 21 heavy (non-hydrogen) atoms. The number of benzene rings is 1. The van der Waals surface area contributed by atoms with Gasteiger partial charge in [-0.25, -0.2) is 4.79 Å². The molecule has 0 aromatic heterocycles. The van der Waals surface area contributed by atoms with Gasteiger partial charge < -0.3 is 19.9 Å². The molecule has 1 aromatic carbocycles. The summed E-state index contributed by atoms with van der Waals surface area (Å²) in [6.07, 6.45) is 1.03. The number of rotatable bonds is 9. The fraction of sp³-hybridized carbons (Fsp3) is 0.533. The quantitative estimate of drug-likeness (QED) is 0.502. The summed E-state index contributed by atoms with van der Waals surface area (Å²) in [6.45, 7) is 2.21. The van der Waals surface area contributed by atoms with Crippen LogP contribution in [0.2, 0.25) is 0 Å². The second kappa shape index (κ2) is 9.97. The molecule has 2 atom stereocenters. The van der Waals surface area contributed by atoms with Crippen LogP contribution in [0.15, 0.2) is 24.3 Å². The molecule has 0 fully saturated rings. The highest BCUT2D eigenvalue weighted by Gasteiger charge is 2.27. The van der Waals surface area contributed by atoms with Crippen molar-refractivity contribution in [3.8, 4) is 0 Å². The van der Waals surface area contributed by atoms with E-state index in [1.807, 2.05) is 24.3 Å². The molecule has 0 aliphatic heterocycles. The summed E-state index contributed by atoms with van der Waals surface area (Å²) in [6, 6.07) is 7.89. The molecular weight excluding hydrogens is 385 g/mol. The number of hydrogen-bond acceptors (Lipinski definition) is 4. The van der Waals surface area contributed by atoms with Crippen LogP contribution in [0.3, 0.4) is 0 Å². The first-order valence-electron chi connectivity index (χ1n) is 6.90. The molecule has 0 unspecified atom stereocenters. The van der Waals surface area contributed by atoms with E-state index in [1.165, 1.54) is 0 Å². The second-order valence-electron chi connectivity index (χ2n) is 4.67. The monoisotopic (exact) mass is 407 g/mol. The number of carbonyl (C=O) groups excluding carboxylic acids is 1. The summed E-state index contributed by atoms with van der Waals surface area (Å²) in [5, 5.41) is 0. The van der Waals surface area contributed by atoms with Gasteiger partial charge in [0.05, 0.1) is 0 Å². The number of methoxy groups -OCH3 is 1. The first-order valence-corrected chi connectivity index (χ1v) is 7.98. The highest BCUT2D eigenvalue weighted by molar-refractivity contribution is 14.1. The molecule has 1 amide bonds. The molecule has 2 N–H and O–H groups in total. The Morgan fingerprint density at radius 2 is 2.19 bits per heavy atom. The number of hydrogen-bond donors (Lipinski definition) is 1. The average Bonchev–Trinajstić information content (AvgIpc) is 2.44. The van der Waals surface area contributed by atoms with Crippen molar-refractivity contribution < 1.29 is 19.0 Å². The van der Waals surface area contributed by atoms with Crippen LogP contribution in [0.1, 0.15) is 37.9 Å². The number of primary amides is 1. The van der Waals surface area contributed by atoms with Gasteiger partial charge in [-0.3, -0.25) is 0 Å². The fourth-order valence-electron chi connectivity index (χ4n) is 2.07. The largest absolute Gasteiger partial charge is 0.443 e. The third kappa shape index (κ3) is 6.62. The van der Waals surface area contributed by atoms with E-state index in [1.54, 1.807) is 7.11 Å². The van der Waals surface area contributed by atoms with Crippen molar-refractivity contribution in [2.24, 2.45) is 5.73 Å². The van der Waals surface area contributed by atoms with Gasteiger partial charge in [0.15, 0.2) is 0 Å². The maximum absolute atomic E-state index is 11.2. The molecule has 0 spiro atoms. The van der Waals surface area contributed by atoms with Gasteiger partial charge in [0, 0.05) is 10.7 Å². The van der Waals surface area contributed by atoms with Crippen molar-refractivity contribution in [2.75, 3.05) is 13.9 Å². The van der Waals surface area contributed by atoms with Gasteiger partial charge >= 0.3 is 6.09 Å². The Labute approximate surface area is 139 Å². The Morgan fingerprint density at radius 3 is 2.76 bits per heavy atom. The summed E-state index contributed by atoms with van der Waals surface area (Å²) in [5.41, 5.74) is 6.14. The summed E-state index contributed by atoms with van der Waals surface area (Å²) >= 11 is 2.23. The van der Waals surface area contributed by atoms with Crippen LogP contribution in [0.25, 0.3) is 0 Å². The van der Waals surface area contributed by atoms with E-state index < -0.39 is 18.3 Å². The molecule has 0 aliphatic rings. The van der Waals surface area contributed by atoms with E-state index in [0.29, 0.717) is 6.42 Å². The van der Waals surface area contributed by atoms with E-state index in [-0.39, 0.29) is 6.79 Å². The van der Waals surface area contributed by atoms with E-state index in [0.717, 1.165) is 22.0 Å². The van der Waals surface area contributed by atoms with Crippen molar-refractivity contribution in [1.82, 2.24) is 0 Å². The minimum atomic E-state index is -0.784. The molecular formula is C15H22INO4. The van der Waals surface area contributed by atoms with Gasteiger partial charge in [0.1, 0.15) is 19.0 Å².